The molecule has 0 amide bonds. The van der Waals surface area contributed by atoms with Gasteiger partial charge in [0.1, 0.15) is 12.1 Å². The van der Waals surface area contributed by atoms with Gasteiger partial charge in [-0.15, -0.1) is 0 Å². The second kappa shape index (κ2) is 3.98. The second-order valence-corrected chi connectivity index (χ2v) is 4.89. The molecule has 1 aliphatic carbocycles. The van der Waals surface area contributed by atoms with Gasteiger partial charge in [0, 0.05) is 13.1 Å². The smallest absolute Gasteiger partial charge is 0.163 e. The van der Waals surface area contributed by atoms with Gasteiger partial charge in [-0.2, -0.15) is 5.10 Å². The third-order valence-electron chi connectivity index (χ3n) is 3.71. The van der Waals surface area contributed by atoms with Crippen LogP contribution in [0.5, 0.6) is 0 Å². The average Bonchev–Trinajstić information content (AvgIpc) is 2.89. The van der Waals surface area contributed by atoms with Crippen LogP contribution in [0.15, 0.2) is 12.5 Å². The number of hydrogen-bond acceptors (Lipinski definition) is 4. The summed E-state index contributed by atoms with van der Waals surface area (Å²) in [6.07, 6.45) is 7.27. The molecule has 2 unspecified atom stereocenters. The van der Waals surface area contributed by atoms with Crippen LogP contribution in [0.1, 0.15) is 26.2 Å². The lowest BCUT2D eigenvalue weighted by Gasteiger charge is -2.17. The number of nitrogens with one attached hydrogen (secondary N) is 1. The van der Waals surface area contributed by atoms with E-state index in [4.69, 9.17) is 0 Å². The van der Waals surface area contributed by atoms with Crippen molar-refractivity contribution < 1.29 is 0 Å². The highest BCUT2D eigenvalue weighted by molar-refractivity contribution is 5.86. The Bertz CT molecular complexity index is 533. The summed E-state index contributed by atoms with van der Waals surface area (Å²) >= 11 is 0. The summed E-state index contributed by atoms with van der Waals surface area (Å²) in [5.74, 6) is 1.64. The van der Waals surface area contributed by atoms with Crippen LogP contribution >= 0.6 is 0 Å². The zero-order chi connectivity index (χ0) is 11.8. The van der Waals surface area contributed by atoms with Gasteiger partial charge >= 0.3 is 0 Å². The standard InChI is InChI=1S/C12H17N5/c1-8-4-3-5-10(8)16-11-9-6-15-17(2)12(9)14-7-13-11/h6-8,10H,3-5H2,1-2H3,(H,13,14,16). The number of rotatable bonds is 2. The molecule has 3 rings (SSSR count). The molecule has 0 aliphatic heterocycles. The molecule has 90 valence electrons. The Morgan fingerprint density at radius 1 is 1.35 bits per heavy atom. The predicted molar refractivity (Wildman–Crippen MR) is 66.7 cm³/mol. The molecule has 2 atom stereocenters. The van der Waals surface area contributed by atoms with Crippen LogP contribution in [0.25, 0.3) is 11.0 Å². The highest BCUT2D eigenvalue weighted by Gasteiger charge is 2.24. The summed E-state index contributed by atoms with van der Waals surface area (Å²) in [5, 5.41) is 8.78. The Hall–Kier alpha value is -1.65. The van der Waals surface area contributed by atoms with Crippen LogP contribution in [0.4, 0.5) is 5.82 Å². The van der Waals surface area contributed by atoms with Crippen LogP contribution in [-0.2, 0) is 7.05 Å². The quantitative estimate of drug-likeness (QED) is 0.858. The van der Waals surface area contributed by atoms with E-state index < -0.39 is 0 Å². The van der Waals surface area contributed by atoms with E-state index in [0.717, 1.165) is 22.8 Å². The Labute approximate surface area is 100 Å². The second-order valence-electron chi connectivity index (χ2n) is 4.89. The molecule has 1 fully saturated rings. The SMILES string of the molecule is CC1CCCC1Nc1ncnc2c1cnn2C. The molecule has 5 nitrogen and oxygen atoms in total. The third-order valence-corrected chi connectivity index (χ3v) is 3.71. The number of fused-ring (bicyclic) bond motifs is 1. The minimum atomic E-state index is 0.535. The number of hydrogen-bond donors (Lipinski definition) is 1. The molecule has 0 aromatic carbocycles. The fourth-order valence-electron chi connectivity index (χ4n) is 2.61. The van der Waals surface area contributed by atoms with Gasteiger partial charge in [0.25, 0.3) is 0 Å². The minimum Gasteiger partial charge on any atom is -0.366 e. The van der Waals surface area contributed by atoms with E-state index in [1.54, 1.807) is 11.0 Å². The van der Waals surface area contributed by atoms with E-state index in [0.29, 0.717) is 6.04 Å². The normalized spacial score (nSPS) is 24.4. The van der Waals surface area contributed by atoms with Crippen molar-refractivity contribution in [3.63, 3.8) is 0 Å². The van der Waals surface area contributed by atoms with Crippen LogP contribution in [-0.4, -0.2) is 25.8 Å². The molecule has 17 heavy (non-hydrogen) atoms. The zero-order valence-corrected chi connectivity index (χ0v) is 10.2. The molecular formula is C12H17N5. The first kappa shape index (κ1) is 10.5. The fourth-order valence-corrected chi connectivity index (χ4v) is 2.61. The van der Waals surface area contributed by atoms with Crippen molar-refractivity contribution in [2.45, 2.75) is 32.2 Å². The summed E-state index contributed by atoms with van der Waals surface area (Å²) in [4.78, 5) is 8.59. The van der Waals surface area contributed by atoms with Crippen LogP contribution in [0.3, 0.4) is 0 Å². The van der Waals surface area contributed by atoms with E-state index in [1.807, 2.05) is 13.2 Å². The van der Waals surface area contributed by atoms with Crippen LogP contribution in [0.2, 0.25) is 0 Å². The van der Waals surface area contributed by atoms with E-state index in [-0.39, 0.29) is 0 Å². The lowest BCUT2D eigenvalue weighted by molar-refractivity contribution is 0.555. The summed E-state index contributed by atoms with van der Waals surface area (Å²) in [5.41, 5.74) is 0.883. The summed E-state index contributed by atoms with van der Waals surface area (Å²) < 4.78 is 1.78. The molecule has 0 bridgehead atoms. The number of aryl methyl sites for hydroxylation is 1. The van der Waals surface area contributed by atoms with Crippen molar-refractivity contribution in [1.82, 2.24) is 19.7 Å². The summed E-state index contributed by atoms with van der Waals surface area (Å²) in [6.45, 7) is 2.30. The topological polar surface area (TPSA) is 55.6 Å². The van der Waals surface area contributed by atoms with Crippen molar-refractivity contribution in [2.24, 2.45) is 13.0 Å². The molecule has 1 N–H and O–H groups in total. The van der Waals surface area contributed by atoms with Gasteiger partial charge < -0.3 is 5.32 Å². The van der Waals surface area contributed by atoms with Crippen LogP contribution in [0, 0.1) is 5.92 Å². The average molecular weight is 231 g/mol. The predicted octanol–water partition coefficient (Wildman–Crippen LogP) is 1.96. The van der Waals surface area contributed by atoms with Crippen molar-refractivity contribution >= 4 is 16.9 Å². The Morgan fingerprint density at radius 3 is 3.00 bits per heavy atom. The molecule has 2 heterocycles. The number of nitrogens with zero attached hydrogens (tertiary/aromatic N) is 4. The Balaban J connectivity index is 1.94. The molecule has 0 spiro atoms. The van der Waals surface area contributed by atoms with E-state index >= 15 is 0 Å². The largest absolute Gasteiger partial charge is 0.366 e. The van der Waals surface area contributed by atoms with Crippen molar-refractivity contribution in [3.8, 4) is 0 Å². The maximum atomic E-state index is 4.34. The van der Waals surface area contributed by atoms with Gasteiger partial charge in [0.15, 0.2) is 5.65 Å². The monoisotopic (exact) mass is 231 g/mol. The Morgan fingerprint density at radius 2 is 2.24 bits per heavy atom. The van der Waals surface area contributed by atoms with Gasteiger partial charge in [0.2, 0.25) is 0 Å². The van der Waals surface area contributed by atoms with Gasteiger partial charge in [-0.1, -0.05) is 13.3 Å². The molecule has 2 aromatic heterocycles. The number of aromatic nitrogens is 4. The first-order chi connectivity index (χ1) is 8.25. The molecule has 0 saturated heterocycles. The minimum absolute atomic E-state index is 0.535. The molecule has 2 aromatic rings. The molecule has 1 saturated carbocycles. The first-order valence-electron chi connectivity index (χ1n) is 6.15. The van der Waals surface area contributed by atoms with E-state index in [9.17, 15) is 0 Å². The molecule has 0 radical (unpaired) electrons. The first-order valence-corrected chi connectivity index (χ1v) is 6.15. The third kappa shape index (κ3) is 1.75. The van der Waals surface area contributed by atoms with Crippen LogP contribution < -0.4 is 5.32 Å². The number of anilines is 1. The molecule has 5 heteroatoms. The summed E-state index contributed by atoms with van der Waals surface area (Å²) in [6, 6.07) is 0.535. The maximum absolute atomic E-state index is 4.34. The highest BCUT2D eigenvalue weighted by atomic mass is 15.3. The van der Waals surface area contributed by atoms with E-state index in [2.05, 4.69) is 27.3 Å². The van der Waals surface area contributed by atoms with Gasteiger partial charge in [-0.3, -0.25) is 4.68 Å². The molecule has 1 aliphatic rings. The molecular weight excluding hydrogens is 214 g/mol. The van der Waals surface area contributed by atoms with Gasteiger partial charge in [0.05, 0.1) is 11.6 Å². The lowest BCUT2D eigenvalue weighted by Crippen LogP contribution is -2.22. The fraction of sp³-hybridized carbons (Fsp3) is 0.583. The van der Waals surface area contributed by atoms with E-state index in [1.165, 1.54) is 19.3 Å². The lowest BCUT2D eigenvalue weighted by atomic mass is 10.1. The Kier molecular flexibility index (Phi) is 2.46. The highest BCUT2D eigenvalue weighted by Crippen LogP contribution is 2.29. The zero-order valence-electron chi connectivity index (χ0n) is 10.2. The maximum Gasteiger partial charge on any atom is 0.163 e. The van der Waals surface area contributed by atoms with Gasteiger partial charge in [-0.25, -0.2) is 9.97 Å². The van der Waals surface area contributed by atoms with Gasteiger partial charge in [-0.05, 0) is 18.8 Å². The summed E-state index contributed by atoms with van der Waals surface area (Å²) in [7, 11) is 1.90. The van der Waals surface area contributed by atoms with Crippen molar-refractivity contribution in [2.75, 3.05) is 5.32 Å². The van der Waals surface area contributed by atoms with Crippen molar-refractivity contribution in [1.29, 1.82) is 0 Å². The van der Waals surface area contributed by atoms with Crippen molar-refractivity contribution in [3.05, 3.63) is 12.5 Å².